The number of hydrogen-bond acceptors (Lipinski definition) is 6. The maximum Gasteiger partial charge on any atom is 0.220 e. The van der Waals surface area contributed by atoms with E-state index in [4.69, 9.17) is 9.47 Å². The van der Waals surface area contributed by atoms with Crippen molar-refractivity contribution in [2.75, 3.05) is 13.7 Å². The third kappa shape index (κ3) is 3.54. The highest BCUT2D eigenvalue weighted by Crippen LogP contribution is 2.47. The van der Waals surface area contributed by atoms with Crippen LogP contribution in [0.5, 0.6) is 11.6 Å². The van der Waals surface area contributed by atoms with Crippen molar-refractivity contribution >= 4 is 5.78 Å². The Morgan fingerprint density at radius 1 is 1.23 bits per heavy atom. The summed E-state index contributed by atoms with van der Waals surface area (Å²) >= 11 is 0. The zero-order valence-corrected chi connectivity index (χ0v) is 15.1. The molecule has 2 aromatic rings. The quantitative estimate of drug-likeness (QED) is 0.794. The number of aromatic nitrogens is 3. The molecule has 6 nitrogen and oxygen atoms in total. The SMILES string of the molecule is COc1ccc([C@H]2C[C@@H]2COc2nc(C)ncc2C2CCC(=O)C2)nc1. The Hall–Kier alpha value is -2.50. The van der Waals surface area contributed by atoms with Gasteiger partial charge in [0.05, 0.1) is 19.9 Å². The van der Waals surface area contributed by atoms with Gasteiger partial charge in [0, 0.05) is 42.1 Å². The first-order chi connectivity index (χ1) is 12.6. The number of aryl methyl sites for hydroxylation is 1. The second-order valence-corrected chi connectivity index (χ2v) is 7.19. The second kappa shape index (κ2) is 7.02. The summed E-state index contributed by atoms with van der Waals surface area (Å²) in [4.78, 5) is 24.9. The van der Waals surface area contributed by atoms with Crippen LogP contribution in [0.15, 0.2) is 24.5 Å². The minimum Gasteiger partial charge on any atom is -0.495 e. The molecule has 0 radical (unpaired) electrons. The van der Waals surface area contributed by atoms with E-state index in [9.17, 15) is 4.79 Å². The molecule has 2 saturated carbocycles. The molecule has 2 aliphatic rings. The molecule has 3 atom stereocenters. The van der Waals surface area contributed by atoms with Gasteiger partial charge in [0.15, 0.2) is 0 Å². The van der Waals surface area contributed by atoms with Crippen LogP contribution >= 0.6 is 0 Å². The van der Waals surface area contributed by atoms with Crippen LogP contribution in [0.4, 0.5) is 0 Å². The van der Waals surface area contributed by atoms with Crippen LogP contribution in [0.25, 0.3) is 0 Å². The van der Waals surface area contributed by atoms with E-state index in [1.807, 2.05) is 25.3 Å². The van der Waals surface area contributed by atoms with Crippen molar-refractivity contribution in [3.63, 3.8) is 0 Å². The van der Waals surface area contributed by atoms with Gasteiger partial charge < -0.3 is 9.47 Å². The molecular formula is C20H23N3O3. The smallest absolute Gasteiger partial charge is 0.220 e. The largest absolute Gasteiger partial charge is 0.495 e. The molecule has 0 spiro atoms. The Balaban J connectivity index is 1.40. The Morgan fingerprint density at radius 2 is 2.12 bits per heavy atom. The number of methoxy groups -OCH3 is 1. The summed E-state index contributed by atoms with van der Waals surface area (Å²) in [6.07, 6.45) is 6.74. The number of Topliss-reactive ketones (excluding diaryl/α,β-unsaturated/α-hetero) is 1. The van der Waals surface area contributed by atoms with Crippen LogP contribution in [0.1, 0.15) is 54.6 Å². The van der Waals surface area contributed by atoms with Crippen LogP contribution in [0.3, 0.4) is 0 Å². The van der Waals surface area contributed by atoms with Crippen molar-refractivity contribution < 1.29 is 14.3 Å². The number of carbonyl (C=O) groups is 1. The maximum absolute atomic E-state index is 11.6. The van der Waals surface area contributed by atoms with Crippen LogP contribution in [0.2, 0.25) is 0 Å². The lowest BCUT2D eigenvalue weighted by atomic mass is 10.0. The summed E-state index contributed by atoms with van der Waals surface area (Å²) in [6.45, 7) is 2.47. The van der Waals surface area contributed by atoms with Crippen molar-refractivity contribution in [1.82, 2.24) is 15.0 Å². The zero-order valence-electron chi connectivity index (χ0n) is 15.1. The molecule has 0 aromatic carbocycles. The fourth-order valence-corrected chi connectivity index (χ4v) is 3.65. The van der Waals surface area contributed by atoms with Gasteiger partial charge in [-0.05, 0) is 37.8 Å². The highest BCUT2D eigenvalue weighted by Gasteiger charge is 2.40. The molecule has 2 heterocycles. The summed E-state index contributed by atoms with van der Waals surface area (Å²) in [7, 11) is 1.64. The predicted octanol–water partition coefficient (Wildman–Crippen LogP) is 3.21. The van der Waals surface area contributed by atoms with E-state index in [0.29, 0.717) is 48.8 Å². The average molecular weight is 353 g/mol. The van der Waals surface area contributed by atoms with Crippen LogP contribution < -0.4 is 9.47 Å². The number of ketones is 1. The van der Waals surface area contributed by atoms with E-state index in [0.717, 1.165) is 29.8 Å². The van der Waals surface area contributed by atoms with E-state index in [2.05, 4.69) is 15.0 Å². The number of ether oxygens (including phenoxy) is 2. The van der Waals surface area contributed by atoms with E-state index >= 15 is 0 Å². The van der Waals surface area contributed by atoms with Crippen molar-refractivity contribution in [1.29, 1.82) is 0 Å². The third-order valence-electron chi connectivity index (χ3n) is 5.32. The van der Waals surface area contributed by atoms with Crippen molar-refractivity contribution in [3.8, 4) is 11.6 Å². The summed E-state index contributed by atoms with van der Waals surface area (Å²) in [6, 6.07) is 3.97. The molecule has 6 heteroatoms. The summed E-state index contributed by atoms with van der Waals surface area (Å²) in [5.41, 5.74) is 2.06. The molecule has 0 saturated heterocycles. The average Bonchev–Trinajstić information content (AvgIpc) is 3.31. The fraction of sp³-hybridized carbons (Fsp3) is 0.500. The minimum atomic E-state index is 0.191. The molecule has 136 valence electrons. The molecule has 0 N–H and O–H groups in total. The summed E-state index contributed by atoms with van der Waals surface area (Å²) in [5, 5.41) is 0. The molecule has 26 heavy (non-hydrogen) atoms. The minimum absolute atomic E-state index is 0.191. The number of nitrogens with zero attached hydrogens (tertiary/aromatic N) is 3. The molecule has 2 aliphatic carbocycles. The second-order valence-electron chi connectivity index (χ2n) is 7.19. The summed E-state index contributed by atoms with van der Waals surface area (Å²) < 4.78 is 11.2. The predicted molar refractivity (Wildman–Crippen MR) is 95.5 cm³/mol. The maximum atomic E-state index is 11.6. The normalized spacial score (nSPS) is 24.5. The van der Waals surface area contributed by atoms with E-state index in [1.165, 1.54) is 0 Å². The zero-order chi connectivity index (χ0) is 18.1. The molecule has 2 fully saturated rings. The first-order valence-electron chi connectivity index (χ1n) is 9.12. The van der Waals surface area contributed by atoms with Gasteiger partial charge in [-0.2, -0.15) is 4.98 Å². The van der Waals surface area contributed by atoms with Crippen molar-refractivity contribution in [2.45, 2.75) is 44.4 Å². The number of rotatable bonds is 6. The number of hydrogen-bond donors (Lipinski definition) is 0. The molecule has 0 bridgehead atoms. The molecule has 0 amide bonds. The molecule has 1 unspecified atom stereocenters. The Kier molecular flexibility index (Phi) is 4.57. The topological polar surface area (TPSA) is 74.2 Å². The van der Waals surface area contributed by atoms with Crippen molar-refractivity contribution in [2.24, 2.45) is 5.92 Å². The summed E-state index contributed by atoms with van der Waals surface area (Å²) in [5.74, 6) is 3.49. The number of carbonyl (C=O) groups excluding carboxylic acids is 1. The highest BCUT2D eigenvalue weighted by atomic mass is 16.5. The Bertz CT molecular complexity index is 806. The van der Waals surface area contributed by atoms with Crippen molar-refractivity contribution in [3.05, 3.63) is 41.6 Å². The van der Waals surface area contributed by atoms with Crippen LogP contribution in [0, 0.1) is 12.8 Å². The van der Waals surface area contributed by atoms with Gasteiger partial charge in [0.1, 0.15) is 17.4 Å². The molecule has 0 aliphatic heterocycles. The van der Waals surface area contributed by atoms with Crippen LogP contribution in [-0.2, 0) is 4.79 Å². The Labute approximate surface area is 153 Å². The highest BCUT2D eigenvalue weighted by molar-refractivity contribution is 5.81. The number of pyridine rings is 1. The lowest BCUT2D eigenvalue weighted by molar-refractivity contribution is -0.117. The fourth-order valence-electron chi connectivity index (χ4n) is 3.65. The van der Waals surface area contributed by atoms with E-state index < -0.39 is 0 Å². The van der Waals surface area contributed by atoms with Gasteiger partial charge >= 0.3 is 0 Å². The lowest BCUT2D eigenvalue weighted by Gasteiger charge is -2.14. The lowest BCUT2D eigenvalue weighted by Crippen LogP contribution is -2.09. The molecular weight excluding hydrogens is 330 g/mol. The van der Waals surface area contributed by atoms with Gasteiger partial charge in [-0.25, -0.2) is 4.98 Å². The van der Waals surface area contributed by atoms with Gasteiger partial charge in [-0.1, -0.05) is 0 Å². The van der Waals surface area contributed by atoms with E-state index in [1.54, 1.807) is 13.3 Å². The van der Waals surface area contributed by atoms with Gasteiger partial charge in [-0.15, -0.1) is 0 Å². The van der Waals surface area contributed by atoms with E-state index in [-0.39, 0.29) is 5.92 Å². The molecule has 4 rings (SSSR count). The monoisotopic (exact) mass is 353 g/mol. The van der Waals surface area contributed by atoms with Gasteiger partial charge in [0.2, 0.25) is 5.88 Å². The van der Waals surface area contributed by atoms with Gasteiger partial charge in [-0.3, -0.25) is 9.78 Å². The first kappa shape index (κ1) is 16.9. The molecule has 2 aromatic heterocycles. The Morgan fingerprint density at radius 3 is 2.81 bits per heavy atom. The van der Waals surface area contributed by atoms with Gasteiger partial charge in [0.25, 0.3) is 0 Å². The third-order valence-corrected chi connectivity index (χ3v) is 5.32. The standard InChI is InChI=1S/C20H23N3O3/c1-12-21-10-18(13-3-4-15(24)7-13)20(23-12)26-11-14-8-17(14)19-6-5-16(25-2)9-22-19/h5-6,9-10,13-14,17H,3-4,7-8,11H2,1-2H3/t13?,14-,17+/m1/s1. The first-order valence-corrected chi connectivity index (χ1v) is 9.12. The van der Waals surface area contributed by atoms with Crippen LogP contribution in [-0.4, -0.2) is 34.5 Å².